The molecule has 0 spiro atoms. The second-order valence-electron chi connectivity index (χ2n) is 5.39. The summed E-state index contributed by atoms with van der Waals surface area (Å²) in [4.78, 5) is 21.3. The number of nitriles is 1. The lowest BCUT2D eigenvalue weighted by Gasteiger charge is -2.12. The first-order valence-electron chi connectivity index (χ1n) is 8.04. The summed E-state index contributed by atoms with van der Waals surface area (Å²) in [5.74, 6) is 0.526. The molecule has 144 valence electrons. The van der Waals surface area contributed by atoms with Crippen LogP contribution >= 0.6 is 0 Å². The molecular formula is C19H17N3O6. The summed E-state index contributed by atoms with van der Waals surface area (Å²) < 4.78 is 16.3. The molecule has 9 heteroatoms. The van der Waals surface area contributed by atoms with Crippen LogP contribution in [0.15, 0.2) is 48.0 Å². The number of nitro benzene ring substituents is 1. The van der Waals surface area contributed by atoms with E-state index in [9.17, 15) is 14.9 Å². The molecule has 0 saturated carbocycles. The summed E-state index contributed by atoms with van der Waals surface area (Å²) in [6.45, 7) is 0.413. The molecule has 2 rings (SSSR count). The van der Waals surface area contributed by atoms with Crippen LogP contribution < -0.4 is 19.9 Å². The van der Waals surface area contributed by atoms with Crippen LogP contribution in [0.3, 0.4) is 0 Å². The Morgan fingerprint density at radius 1 is 1.18 bits per heavy atom. The molecule has 0 aliphatic carbocycles. The number of hydrogen-bond acceptors (Lipinski definition) is 7. The van der Waals surface area contributed by atoms with Crippen molar-refractivity contribution in [3.8, 4) is 23.3 Å². The number of nitro groups is 1. The van der Waals surface area contributed by atoms with Gasteiger partial charge in [-0.25, -0.2) is 0 Å². The molecule has 0 radical (unpaired) electrons. The zero-order valence-corrected chi connectivity index (χ0v) is 15.0. The number of non-ortho nitro benzene ring substituents is 1. The Labute approximate surface area is 160 Å². The van der Waals surface area contributed by atoms with Gasteiger partial charge in [0, 0.05) is 12.1 Å². The molecule has 0 aromatic heterocycles. The molecule has 2 N–H and O–H groups in total. The number of primary amides is 1. The standard InChI is InChI=1S/C19H17N3O6/c1-26-18-11-13(10-14(12-20)19(21)23)2-7-17(18)28-9-8-27-16-5-3-15(4-6-16)22(24)25/h2-7,10-11H,8-9H2,1H3,(H2,21,23). The van der Waals surface area contributed by atoms with Crippen LogP contribution in [0.4, 0.5) is 5.69 Å². The second kappa shape index (κ2) is 9.59. The quantitative estimate of drug-likeness (QED) is 0.231. The summed E-state index contributed by atoms with van der Waals surface area (Å²) in [6, 6.07) is 12.3. The predicted molar refractivity (Wildman–Crippen MR) is 99.9 cm³/mol. The number of nitrogens with two attached hydrogens (primary N) is 1. The Hall–Kier alpha value is -4.06. The van der Waals surface area contributed by atoms with Gasteiger partial charge in [0.15, 0.2) is 11.5 Å². The highest BCUT2D eigenvalue weighted by Crippen LogP contribution is 2.29. The van der Waals surface area contributed by atoms with Gasteiger partial charge in [0.25, 0.3) is 11.6 Å². The van der Waals surface area contributed by atoms with Gasteiger partial charge in [0.2, 0.25) is 0 Å². The Morgan fingerprint density at radius 3 is 2.43 bits per heavy atom. The highest BCUT2D eigenvalue weighted by atomic mass is 16.6. The number of benzene rings is 2. The number of carbonyl (C=O) groups excluding carboxylic acids is 1. The van der Waals surface area contributed by atoms with Crippen LogP contribution in [0.2, 0.25) is 0 Å². The SMILES string of the molecule is COc1cc(C=C(C#N)C(N)=O)ccc1OCCOc1ccc([N+](=O)[O-])cc1. The van der Waals surface area contributed by atoms with Gasteiger partial charge in [0.05, 0.1) is 12.0 Å². The Bertz CT molecular complexity index is 932. The minimum absolute atomic E-state index is 0.0154. The van der Waals surface area contributed by atoms with E-state index in [0.29, 0.717) is 22.8 Å². The van der Waals surface area contributed by atoms with E-state index in [0.717, 1.165) is 0 Å². The van der Waals surface area contributed by atoms with Gasteiger partial charge >= 0.3 is 0 Å². The summed E-state index contributed by atoms with van der Waals surface area (Å²) >= 11 is 0. The molecule has 0 fully saturated rings. The lowest BCUT2D eigenvalue weighted by atomic mass is 10.1. The first kappa shape index (κ1) is 20.3. The molecule has 0 aliphatic heterocycles. The Kier molecular flexibility index (Phi) is 6.93. The van der Waals surface area contributed by atoms with E-state index in [2.05, 4.69) is 0 Å². The molecule has 2 aromatic carbocycles. The number of carbonyl (C=O) groups is 1. The number of amides is 1. The average molecular weight is 383 g/mol. The van der Waals surface area contributed by atoms with Crippen molar-refractivity contribution in [3.05, 3.63) is 63.7 Å². The Morgan fingerprint density at radius 2 is 1.86 bits per heavy atom. The van der Waals surface area contributed by atoms with Crippen LogP contribution in [-0.2, 0) is 4.79 Å². The number of nitrogens with zero attached hydrogens (tertiary/aromatic N) is 2. The van der Waals surface area contributed by atoms with Crippen molar-refractivity contribution in [1.29, 1.82) is 5.26 Å². The first-order chi connectivity index (χ1) is 13.4. The van der Waals surface area contributed by atoms with E-state index in [4.69, 9.17) is 25.2 Å². The monoisotopic (exact) mass is 383 g/mol. The fourth-order valence-corrected chi connectivity index (χ4v) is 2.19. The van der Waals surface area contributed by atoms with E-state index >= 15 is 0 Å². The molecule has 0 saturated heterocycles. The van der Waals surface area contributed by atoms with Crippen molar-refractivity contribution in [3.63, 3.8) is 0 Å². The van der Waals surface area contributed by atoms with Crippen molar-refractivity contribution in [2.45, 2.75) is 0 Å². The molecule has 0 atom stereocenters. The smallest absolute Gasteiger partial charge is 0.269 e. The van der Waals surface area contributed by atoms with Crippen LogP contribution in [0, 0.1) is 21.4 Å². The van der Waals surface area contributed by atoms with Gasteiger partial charge in [-0.2, -0.15) is 5.26 Å². The van der Waals surface area contributed by atoms with E-state index in [-0.39, 0.29) is 24.5 Å². The van der Waals surface area contributed by atoms with Gasteiger partial charge in [-0.3, -0.25) is 14.9 Å². The van der Waals surface area contributed by atoms with Gasteiger partial charge in [-0.1, -0.05) is 6.07 Å². The molecule has 9 nitrogen and oxygen atoms in total. The summed E-state index contributed by atoms with van der Waals surface area (Å²) in [6.07, 6.45) is 1.35. The zero-order valence-electron chi connectivity index (χ0n) is 15.0. The van der Waals surface area contributed by atoms with Gasteiger partial charge in [-0.05, 0) is 35.9 Å². The van der Waals surface area contributed by atoms with E-state index < -0.39 is 10.8 Å². The van der Waals surface area contributed by atoms with Crippen molar-refractivity contribution in [2.75, 3.05) is 20.3 Å². The van der Waals surface area contributed by atoms with Crippen LogP contribution in [0.5, 0.6) is 17.2 Å². The van der Waals surface area contributed by atoms with Crippen LogP contribution in [0.1, 0.15) is 5.56 Å². The molecule has 0 heterocycles. The summed E-state index contributed by atoms with van der Waals surface area (Å²) in [7, 11) is 1.46. The van der Waals surface area contributed by atoms with Gasteiger partial charge in [0.1, 0.15) is 30.6 Å². The van der Waals surface area contributed by atoms with Crippen molar-refractivity contribution < 1.29 is 23.9 Å². The minimum atomic E-state index is -0.815. The van der Waals surface area contributed by atoms with Crippen molar-refractivity contribution in [2.24, 2.45) is 5.73 Å². The predicted octanol–water partition coefficient (Wildman–Crippen LogP) is 2.45. The normalized spacial score (nSPS) is 10.6. The van der Waals surface area contributed by atoms with E-state index in [1.807, 2.05) is 0 Å². The highest BCUT2D eigenvalue weighted by molar-refractivity contribution is 6.00. The first-order valence-corrected chi connectivity index (χ1v) is 8.04. The third-order valence-electron chi connectivity index (χ3n) is 3.54. The minimum Gasteiger partial charge on any atom is -0.493 e. The lowest BCUT2D eigenvalue weighted by molar-refractivity contribution is -0.384. The van der Waals surface area contributed by atoms with Gasteiger partial charge in [-0.15, -0.1) is 0 Å². The number of rotatable bonds is 9. The van der Waals surface area contributed by atoms with Crippen LogP contribution in [0.25, 0.3) is 6.08 Å². The van der Waals surface area contributed by atoms with Crippen molar-refractivity contribution >= 4 is 17.7 Å². The molecule has 0 aliphatic rings. The third-order valence-corrected chi connectivity index (χ3v) is 3.54. The maximum atomic E-state index is 11.1. The number of methoxy groups -OCH3 is 1. The largest absolute Gasteiger partial charge is 0.493 e. The molecule has 0 unspecified atom stereocenters. The van der Waals surface area contributed by atoms with Crippen LogP contribution in [-0.4, -0.2) is 31.2 Å². The number of hydrogen-bond donors (Lipinski definition) is 1. The average Bonchev–Trinajstić information content (AvgIpc) is 2.69. The zero-order chi connectivity index (χ0) is 20.5. The Balaban J connectivity index is 1.96. The molecule has 0 bridgehead atoms. The van der Waals surface area contributed by atoms with E-state index in [1.165, 1.54) is 37.5 Å². The molecular weight excluding hydrogens is 366 g/mol. The maximum absolute atomic E-state index is 11.1. The summed E-state index contributed by atoms with van der Waals surface area (Å²) in [5, 5.41) is 19.5. The van der Waals surface area contributed by atoms with Gasteiger partial charge < -0.3 is 19.9 Å². The lowest BCUT2D eigenvalue weighted by Crippen LogP contribution is -2.12. The maximum Gasteiger partial charge on any atom is 0.269 e. The molecule has 28 heavy (non-hydrogen) atoms. The van der Waals surface area contributed by atoms with E-state index in [1.54, 1.807) is 24.3 Å². The topological polar surface area (TPSA) is 138 Å². The number of ether oxygens (including phenoxy) is 3. The molecule has 1 amide bonds. The fraction of sp³-hybridized carbons (Fsp3) is 0.158. The summed E-state index contributed by atoms with van der Waals surface area (Å²) in [5.41, 5.74) is 5.48. The molecule has 2 aromatic rings. The fourth-order valence-electron chi connectivity index (χ4n) is 2.19. The third kappa shape index (κ3) is 5.47. The second-order valence-corrected chi connectivity index (χ2v) is 5.39. The highest BCUT2D eigenvalue weighted by Gasteiger charge is 2.09. The van der Waals surface area contributed by atoms with Crippen molar-refractivity contribution in [1.82, 2.24) is 0 Å².